The monoisotopic (exact) mass is 257 g/mol. The molecule has 1 aromatic carbocycles. The van der Waals surface area contributed by atoms with E-state index in [0.29, 0.717) is 0 Å². The Hall–Kier alpha value is -1.77. The highest BCUT2D eigenvalue weighted by Crippen LogP contribution is 2.13. The van der Waals surface area contributed by atoms with E-state index in [2.05, 4.69) is 41.5 Å². The summed E-state index contributed by atoms with van der Waals surface area (Å²) in [4.78, 5) is 4.30. The first-order valence-electron chi connectivity index (χ1n) is 7.08. The Balaban J connectivity index is 1.83. The zero-order valence-electron chi connectivity index (χ0n) is 11.9. The molecule has 0 fully saturated rings. The molecule has 0 amide bonds. The number of benzene rings is 1. The van der Waals surface area contributed by atoms with E-state index in [-0.39, 0.29) is 0 Å². The molecule has 2 aromatic rings. The van der Waals surface area contributed by atoms with Gasteiger partial charge < -0.3 is 9.88 Å². The van der Waals surface area contributed by atoms with E-state index in [0.717, 1.165) is 18.1 Å². The van der Waals surface area contributed by atoms with Crippen LogP contribution in [0.3, 0.4) is 0 Å². The molecule has 0 spiro atoms. The Labute approximate surface area is 115 Å². The molecule has 0 unspecified atom stereocenters. The smallest absolute Gasteiger partial charge is 0.127 e. The highest BCUT2D eigenvalue weighted by molar-refractivity contribution is 5.44. The second-order valence-electron chi connectivity index (χ2n) is 4.96. The number of anilines is 1. The standard InChI is InChI=1S/C16H23N3/c1-3-4-5-6-14-7-9-15(10-8-14)18-13-16-17-11-12-19(16)2/h7-12,18H,3-6,13H2,1-2H3. The fourth-order valence-electron chi connectivity index (χ4n) is 2.12. The van der Waals surface area contributed by atoms with Crippen LogP contribution in [0.1, 0.15) is 37.6 Å². The average Bonchev–Trinajstić information content (AvgIpc) is 2.84. The normalized spacial score (nSPS) is 10.6. The largest absolute Gasteiger partial charge is 0.378 e. The minimum atomic E-state index is 0.763. The minimum absolute atomic E-state index is 0.763. The summed E-state index contributed by atoms with van der Waals surface area (Å²) in [5, 5.41) is 3.40. The van der Waals surface area contributed by atoms with E-state index < -0.39 is 0 Å². The number of nitrogens with one attached hydrogen (secondary N) is 1. The fraction of sp³-hybridized carbons (Fsp3) is 0.438. The highest BCUT2D eigenvalue weighted by atomic mass is 15.1. The molecule has 0 aliphatic rings. The Kier molecular flexibility index (Phi) is 5.01. The van der Waals surface area contributed by atoms with Gasteiger partial charge in [0, 0.05) is 25.1 Å². The van der Waals surface area contributed by atoms with E-state index in [4.69, 9.17) is 0 Å². The van der Waals surface area contributed by atoms with E-state index in [9.17, 15) is 0 Å². The number of unbranched alkanes of at least 4 members (excludes halogenated alkanes) is 2. The van der Waals surface area contributed by atoms with E-state index in [1.807, 2.05) is 24.0 Å². The van der Waals surface area contributed by atoms with Crippen LogP contribution in [0, 0.1) is 0 Å². The molecule has 3 nitrogen and oxygen atoms in total. The molecule has 1 N–H and O–H groups in total. The predicted octanol–water partition coefficient (Wildman–Crippen LogP) is 3.76. The summed E-state index contributed by atoms with van der Waals surface area (Å²) in [6, 6.07) is 8.75. The molecule has 0 bridgehead atoms. The summed E-state index contributed by atoms with van der Waals surface area (Å²) in [7, 11) is 2.01. The number of aryl methyl sites for hydroxylation is 2. The van der Waals surface area contributed by atoms with Crippen LogP contribution in [0.4, 0.5) is 5.69 Å². The van der Waals surface area contributed by atoms with Crippen molar-refractivity contribution in [3.63, 3.8) is 0 Å². The van der Waals surface area contributed by atoms with Gasteiger partial charge in [0.25, 0.3) is 0 Å². The second kappa shape index (κ2) is 6.98. The van der Waals surface area contributed by atoms with Crippen LogP contribution in [-0.2, 0) is 20.0 Å². The molecule has 0 saturated carbocycles. The lowest BCUT2D eigenvalue weighted by Gasteiger charge is -2.07. The zero-order valence-corrected chi connectivity index (χ0v) is 11.9. The Morgan fingerprint density at radius 3 is 2.58 bits per heavy atom. The van der Waals surface area contributed by atoms with Crippen LogP contribution in [0.5, 0.6) is 0 Å². The topological polar surface area (TPSA) is 29.9 Å². The van der Waals surface area contributed by atoms with Gasteiger partial charge in [-0.3, -0.25) is 0 Å². The average molecular weight is 257 g/mol. The molecule has 3 heteroatoms. The lowest BCUT2D eigenvalue weighted by Crippen LogP contribution is -2.05. The lowest BCUT2D eigenvalue weighted by atomic mass is 10.1. The van der Waals surface area contributed by atoms with E-state index in [1.165, 1.54) is 31.2 Å². The first-order chi connectivity index (χ1) is 9.29. The van der Waals surface area contributed by atoms with Gasteiger partial charge in [-0.15, -0.1) is 0 Å². The number of imidazole rings is 1. The van der Waals surface area contributed by atoms with Crippen molar-refractivity contribution in [3.8, 4) is 0 Å². The van der Waals surface area contributed by atoms with Crippen molar-refractivity contribution in [2.24, 2.45) is 7.05 Å². The van der Waals surface area contributed by atoms with Crippen molar-refractivity contribution < 1.29 is 0 Å². The van der Waals surface area contributed by atoms with Crippen molar-refractivity contribution in [1.82, 2.24) is 9.55 Å². The third kappa shape index (κ3) is 4.12. The SMILES string of the molecule is CCCCCc1ccc(NCc2nccn2C)cc1. The molecular weight excluding hydrogens is 234 g/mol. The molecule has 0 radical (unpaired) electrons. The second-order valence-corrected chi connectivity index (χ2v) is 4.96. The summed E-state index contributed by atoms with van der Waals surface area (Å²) >= 11 is 0. The number of hydrogen-bond donors (Lipinski definition) is 1. The molecule has 0 aliphatic carbocycles. The summed E-state index contributed by atoms with van der Waals surface area (Å²) in [6.07, 6.45) is 8.87. The van der Waals surface area contributed by atoms with Crippen molar-refractivity contribution in [3.05, 3.63) is 48.0 Å². The Morgan fingerprint density at radius 1 is 1.16 bits per heavy atom. The molecule has 0 atom stereocenters. The summed E-state index contributed by atoms with van der Waals surface area (Å²) < 4.78 is 2.03. The van der Waals surface area contributed by atoms with Crippen LogP contribution < -0.4 is 5.32 Å². The van der Waals surface area contributed by atoms with Gasteiger partial charge >= 0.3 is 0 Å². The summed E-state index contributed by atoms with van der Waals surface area (Å²) in [6.45, 7) is 3.00. The molecule has 1 aromatic heterocycles. The molecular formula is C16H23N3. The summed E-state index contributed by atoms with van der Waals surface area (Å²) in [5.74, 6) is 1.05. The summed E-state index contributed by atoms with van der Waals surface area (Å²) in [5.41, 5.74) is 2.58. The molecule has 2 rings (SSSR count). The van der Waals surface area contributed by atoms with E-state index >= 15 is 0 Å². The molecule has 1 heterocycles. The third-order valence-electron chi connectivity index (χ3n) is 3.39. The Morgan fingerprint density at radius 2 is 1.95 bits per heavy atom. The molecule has 102 valence electrons. The van der Waals surface area contributed by atoms with Crippen LogP contribution in [-0.4, -0.2) is 9.55 Å². The first kappa shape index (κ1) is 13.7. The van der Waals surface area contributed by atoms with Crippen molar-refractivity contribution in [1.29, 1.82) is 0 Å². The first-order valence-corrected chi connectivity index (χ1v) is 7.08. The van der Waals surface area contributed by atoms with Gasteiger partial charge in [-0.25, -0.2) is 4.98 Å². The zero-order chi connectivity index (χ0) is 13.5. The Bertz CT molecular complexity index is 485. The maximum absolute atomic E-state index is 4.30. The minimum Gasteiger partial charge on any atom is -0.378 e. The van der Waals surface area contributed by atoms with Crippen LogP contribution in [0.15, 0.2) is 36.7 Å². The van der Waals surface area contributed by atoms with Crippen molar-refractivity contribution in [2.45, 2.75) is 39.2 Å². The van der Waals surface area contributed by atoms with Gasteiger partial charge in [0.2, 0.25) is 0 Å². The van der Waals surface area contributed by atoms with Crippen LogP contribution >= 0.6 is 0 Å². The highest BCUT2D eigenvalue weighted by Gasteiger charge is 1.99. The van der Waals surface area contributed by atoms with Crippen molar-refractivity contribution >= 4 is 5.69 Å². The third-order valence-corrected chi connectivity index (χ3v) is 3.39. The van der Waals surface area contributed by atoms with Gasteiger partial charge in [-0.05, 0) is 30.5 Å². The molecule has 0 aliphatic heterocycles. The quantitative estimate of drug-likeness (QED) is 0.765. The van der Waals surface area contributed by atoms with Gasteiger partial charge in [0.1, 0.15) is 5.82 Å². The van der Waals surface area contributed by atoms with Gasteiger partial charge in [0.05, 0.1) is 6.54 Å². The van der Waals surface area contributed by atoms with Gasteiger partial charge in [0.15, 0.2) is 0 Å². The van der Waals surface area contributed by atoms with Gasteiger partial charge in [-0.2, -0.15) is 0 Å². The number of rotatable bonds is 7. The predicted molar refractivity (Wildman–Crippen MR) is 80.2 cm³/mol. The van der Waals surface area contributed by atoms with Crippen LogP contribution in [0.25, 0.3) is 0 Å². The fourth-order valence-corrected chi connectivity index (χ4v) is 2.12. The lowest BCUT2D eigenvalue weighted by molar-refractivity contribution is 0.717. The van der Waals surface area contributed by atoms with Crippen LogP contribution in [0.2, 0.25) is 0 Å². The van der Waals surface area contributed by atoms with E-state index in [1.54, 1.807) is 0 Å². The van der Waals surface area contributed by atoms with Gasteiger partial charge in [-0.1, -0.05) is 31.9 Å². The molecule has 0 saturated heterocycles. The van der Waals surface area contributed by atoms with Crippen molar-refractivity contribution in [2.75, 3.05) is 5.32 Å². The maximum atomic E-state index is 4.30. The number of nitrogens with zero attached hydrogens (tertiary/aromatic N) is 2. The number of aromatic nitrogens is 2. The number of hydrogen-bond acceptors (Lipinski definition) is 2. The molecule has 19 heavy (non-hydrogen) atoms. The maximum Gasteiger partial charge on any atom is 0.127 e.